The summed E-state index contributed by atoms with van der Waals surface area (Å²) >= 11 is 0. The zero-order valence-corrected chi connectivity index (χ0v) is 63.2. The minimum atomic E-state index is -1.97. The largest absolute Gasteiger partial charge is 0.481 e. The Bertz CT molecular complexity index is 3220. The van der Waals surface area contributed by atoms with E-state index in [9.17, 15) is 101 Å². The van der Waals surface area contributed by atoms with E-state index >= 15 is 0 Å². The Hall–Kier alpha value is -8.97. The van der Waals surface area contributed by atoms with Gasteiger partial charge >= 0.3 is 5.97 Å². The number of guanidine groups is 1. The Labute approximate surface area is 623 Å². The molecule has 2 bridgehead atoms. The van der Waals surface area contributed by atoms with Crippen LogP contribution in [0.15, 0.2) is 4.99 Å². The van der Waals surface area contributed by atoms with Crippen LogP contribution in [-0.2, 0) is 92.3 Å². The number of nitrogens with zero attached hydrogens (tertiary/aromatic N) is 2. The Morgan fingerprint density at radius 3 is 1.41 bits per heavy atom. The fourth-order valence-electron chi connectivity index (χ4n) is 11.0. The number of primary amides is 1. The molecule has 23 N–H and O–H groups in total. The third-order valence-corrected chi connectivity index (χ3v) is 19.6. The molecule has 0 radical (unpaired) electrons. The number of carboxylic acids is 1. The molecule has 1 unspecified atom stereocenters. The van der Waals surface area contributed by atoms with E-state index < -0.39 is 253 Å². The summed E-state index contributed by atoms with van der Waals surface area (Å²) < 4.78 is 12.6. The smallest absolute Gasteiger partial charge is 0.303 e. The van der Waals surface area contributed by atoms with Gasteiger partial charge in [-0.2, -0.15) is 0 Å². The normalized spacial score (nSPS) is 26.9. The summed E-state index contributed by atoms with van der Waals surface area (Å²) in [6.45, 7) is 9.61. The van der Waals surface area contributed by atoms with Crippen LogP contribution in [0.1, 0.15) is 126 Å². The highest BCUT2D eigenvalue weighted by Gasteiger charge is 2.42. The van der Waals surface area contributed by atoms with Gasteiger partial charge in [0, 0.05) is 53.8 Å². The molecule has 0 aromatic heterocycles. The number of carboxylic acid groups (broad SMARTS) is 1. The van der Waals surface area contributed by atoms with Gasteiger partial charge in [0.05, 0.1) is 38.3 Å². The van der Waals surface area contributed by atoms with Crippen LogP contribution in [-0.4, -0.2) is 272 Å². The highest BCUT2D eigenvalue weighted by atomic mass is 33.1. The van der Waals surface area contributed by atoms with Crippen molar-refractivity contribution in [3.8, 4) is 0 Å². The lowest BCUT2D eigenvalue weighted by Crippen LogP contribution is -2.61. The van der Waals surface area contributed by atoms with Gasteiger partial charge in [-0.05, 0) is 89.4 Å². The number of aliphatic carboxylic acids is 1. The summed E-state index contributed by atoms with van der Waals surface area (Å²) in [6.07, 6.45) is -5.31. The first-order valence-corrected chi connectivity index (χ1v) is 38.8. The van der Waals surface area contributed by atoms with Crippen molar-refractivity contribution in [1.82, 2.24) is 79.3 Å². The number of hydrogen-bond donors (Lipinski definition) is 20. The molecular formula is C63H105N19O21S3. The minimum absolute atomic E-state index is 0.0218. The van der Waals surface area contributed by atoms with Gasteiger partial charge in [-0.3, -0.25) is 90.7 Å². The Kier molecular flexibility index (Phi) is 39.2. The average Bonchev–Trinajstić information content (AvgIpc) is 1.69. The second-order valence-electron chi connectivity index (χ2n) is 27.1. The van der Waals surface area contributed by atoms with Crippen LogP contribution in [0.2, 0.25) is 0 Å². The van der Waals surface area contributed by atoms with Crippen LogP contribution >= 0.6 is 21.6 Å². The van der Waals surface area contributed by atoms with Crippen molar-refractivity contribution in [3.63, 3.8) is 0 Å². The molecule has 3 aliphatic rings. The van der Waals surface area contributed by atoms with Crippen LogP contribution < -0.4 is 91.6 Å². The number of aliphatic hydroxyl groups is 2. The molecule has 0 aliphatic carbocycles. The molecule has 0 aromatic rings. The number of aliphatic imine (C=N–C) groups is 1. The monoisotopic (exact) mass is 1560 g/mol. The quantitative estimate of drug-likeness (QED) is 0.0233. The van der Waals surface area contributed by atoms with E-state index in [1.54, 1.807) is 41.5 Å². The van der Waals surface area contributed by atoms with Gasteiger partial charge in [-0.15, -0.1) is 0 Å². The summed E-state index contributed by atoms with van der Waals surface area (Å²) in [4.78, 5) is 243. The Balaban J connectivity index is 2.40. The van der Waals surface area contributed by atoms with Gasteiger partial charge in [0.2, 0.25) is 94.5 Å². The fourth-order valence-corrected chi connectivity index (χ4v) is 13.9. The highest BCUT2D eigenvalue weighted by Crippen LogP contribution is 2.25. The van der Waals surface area contributed by atoms with Crippen molar-refractivity contribution >= 4 is 139 Å². The van der Waals surface area contributed by atoms with Gasteiger partial charge < -0.3 is 112 Å². The van der Waals surface area contributed by atoms with Gasteiger partial charge in [-0.1, -0.05) is 63.1 Å². The summed E-state index contributed by atoms with van der Waals surface area (Å²) in [7, 11) is -0.190. The topological polar surface area (TPSA) is 630 Å². The molecule has 40 nitrogen and oxygen atoms in total. The van der Waals surface area contributed by atoms with Crippen molar-refractivity contribution in [2.45, 2.75) is 211 Å². The van der Waals surface area contributed by atoms with Crippen LogP contribution in [0.25, 0.3) is 0 Å². The number of hydrogen-bond acceptors (Lipinski definition) is 23. The number of rotatable bonds is 20. The lowest BCUT2D eigenvalue weighted by molar-refractivity contribution is -0.143. The molecule has 0 saturated carbocycles. The fraction of sp³-hybridized carbons (Fsp3) is 0.714. The number of nitrogens with one attached hydrogen (secondary N) is 14. The molecule has 106 heavy (non-hydrogen) atoms. The van der Waals surface area contributed by atoms with Crippen LogP contribution in [0, 0.1) is 17.8 Å². The number of fused-ring (bicyclic) bond motifs is 6. The van der Waals surface area contributed by atoms with Gasteiger partial charge in [0.1, 0.15) is 72.5 Å². The number of nitrogens with two attached hydrogens (primary N) is 3. The summed E-state index contributed by atoms with van der Waals surface area (Å²) in [5, 5.41) is 65.2. The summed E-state index contributed by atoms with van der Waals surface area (Å²) in [6, 6.07) is -20.0. The number of carbonyl (C=O) groups excluding carboxylic acids is 16. The zero-order chi connectivity index (χ0) is 79.8. The maximum absolute atomic E-state index is 14.9. The molecule has 3 heterocycles. The van der Waals surface area contributed by atoms with Gasteiger partial charge in [-0.25, -0.2) is 0 Å². The molecule has 15 atom stereocenters. The average molecular weight is 1560 g/mol. The number of carbonyl (C=O) groups is 17. The maximum atomic E-state index is 14.9. The highest BCUT2D eigenvalue weighted by molar-refractivity contribution is 8.76. The second kappa shape index (κ2) is 45.5. The first-order valence-electron chi connectivity index (χ1n) is 34.6. The van der Waals surface area contributed by atoms with E-state index in [4.69, 9.17) is 17.2 Å². The van der Waals surface area contributed by atoms with Crippen molar-refractivity contribution < 1.29 is 101 Å². The van der Waals surface area contributed by atoms with Gasteiger partial charge in [0.15, 0.2) is 5.96 Å². The van der Waals surface area contributed by atoms with Crippen molar-refractivity contribution in [1.29, 1.82) is 0 Å². The van der Waals surface area contributed by atoms with Crippen molar-refractivity contribution in [3.05, 3.63) is 0 Å². The molecule has 43 heteroatoms. The second-order valence-corrected chi connectivity index (χ2v) is 31.2. The first-order chi connectivity index (χ1) is 49.7. The van der Waals surface area contributed by atoms with E-state index in [0.29, 0.717) is 6.42 Å². The van der Waals surface area contributed by atoms with E-state index in [-0.39, 0.29) is 81.1 Å². The minimum Gasteiger partial charge on any atom is -0.481 e. The molecule has 3 aliphatic heterocycles. The molecule has 596 valence electrons. The molecule has 16 amide bonds. The Morgan fingerprint density at radius 1 is 0.500 bits per heavy atom. The summed E-state index contributed by atoms with van der Waals surface area (Å²) in [5.74, 6) is -21.5. The Morgan fingerprint density at radius 2 is 0.915 bits per heavy atom. The zero-order valence-electron chi connectivity index (χ0n) is 60.8. The third-order valence-electron chi connectivity index (χ3n) is 16.3. The van der Waals surface area contributed by atoms with Crippen LogP contribution in [0.5, 0.6) is 0 Å². The third kappa shape index (κ3) is 32.8. The molecule has 3 fully saturated rings. The van der Waals surface area contributed by atoms with E-state index in [1.165, 1.54) is 18.1 Å². The SMILES string of the molecule is CC(C)C[C@@H]1NC(=O)[C@@H]2CSSC[C@H](NC(=O)CNC(=O)[C@H](CC(C)C)NC(=O)[C@@H]([C@@H](C)O)NC(=O)[C@@H]3CCCN3C(=O)[C@H](CC(C)C)NC(=O)CNC1=O)C(=O)N[C@@H](CCS(C)=O)C(=O)N[C@@H](CC(N)=O)C(=O)NCC(=O)N[C@@H]([C@@H](C)O)C(=O)N[C@@H](CCC(=O)O)C(=O)N[C@@H](CCCN=C(N)N)C(=O)N2. The maximum Gasteiger partial charge on any atom is 0.303 e. The lowest BCUT2D eigenvalue weighted by Gasteiger charge is -2.31. The van der Waals surface area contributed by atoms with Crippen LogP contribution in [0.4, 0.5) is 0 Å². The first kappa shape index (κ1) is 91.2. The molecule has 0 spiro atoms. The molecule has 0 aromatic carbocycles. The molecule has 3 saturated heterocycles. The van der Waals surface area contributed by atoms with Gasteiger partial charge in [0.25, 0.3) is 0 Å². The van der Waals surface area contributed by atoms with E-state index in [2.05, 4.69) is 79.4 Å². The molecule has 3 rings (SSSR count). The van der Waals surface area contributed by atoms with Crippen molar-refractivity contribution in [2.24, 2.45) is 39.9 Å². The van der Waals surface area contributed by atoms with E-state index in [0.717, 1.165) is 28.5 Å². The number of aliphatic hydroxyl groups excluding tert-OH is 2. The summed E-state index contributed by atoms with van der Waals surface area (Å²) in [5.41, 5.74) is 16.6. The van der Waals surface area contributed by atoms with E-state index in [1.807, 2.05) is 0 Å². The molecular weight excluding hydrogens is 1460 g/mol. The lowest BCUT2D eigenvalue weighted by atomic mass is 10.0. The standard InChI is InChI=1S/C63H105N19O21S3/c1-29(2)20-37-51(91)68-24-45(86)71-40(22-31(5)6)62(102)82-18-11-13-43(82)59(99)81-50(33(8)84)61(101)78-38(21-30(3)4)52(92)69-25-46(87)72-41-27-104-105-28-42(58(98)76-37)79-54(94)34(12-10-17-67-63(65)66)73-55(95)35(14-15-48(89)90)75-60(100)49(32(7)83)80-47(88)26-70-53(93)39(23-44(64)85)77-56(96)36(74-57(41)97)16-19-106(9)103/h29-43,49-50,83-84H,10-28H2,1-9H3,(H2,64,85)(H,68,91)(H,69,92)(H,70,93)(H,71,86)(H,72,87)(H,73,95)(H,74,97)(H,75,100)(H,76,98)(H,77,96)(H,78,101)(H,79,94)(H,80,88)(H,81,99)(H,89,90)(H4,65,66,67)/t32-,33-,34+,35+,36+,37+,38+,39+,40+,41+,42+,43+,49+,50-,106?/m1/s1. The number of amides is 16. The predicted molar refractivity (Wildman–Crippen MR) is 386 cm³/mol. The van der Waals surface area contributed by atoms with Crippen molar-refractivity contribution in [2.75, 3.05) is 56.2 Å². The van der Waals surface area contributed by atoms with Crippen LogP contribution in [0.3, 0.4) is 0 Å². The predicted octanol–water partition coefficient (Wildman–Crippen LogP) is -8.47.